The molecule has 108 valence electrons. The summed E-state index contributed by atoms with van der Waals surface area (Å²) in [6, 6.07) is 6.87. The van der Waals surface area contributed by atoms with Crippen LogP contribution in [0.5, 0.6) is 0 Å². The van der Waals surface area contributed by atoms with Gasteiger partial charge in [0.15, 0.2) is 0 Å². The molecule has 1 aliphatic heterocycles. The van der Waals surface area contributed by atoms with Crippen LogP contribution in [-0.2, 0) is 9.53 Å². The maximum Gasteiger partial charge on any atom is 0.338 e. The summed E-state index contributed by atoms with van der Waals surface area (Å²) < 4.78 is 6.53. The smallest absolute Gasteiger partial charge is 0.338 e. The first kappa shape index (κ1) is 13.6. The first-order chi connectivity index (χ1) is 10.1. The molecule has 0 saturated heterocycles. The number of benzene rings is 1. The average Bonchev–Trinajstić information content (AvgIpc) is 2.93. The van der Waals surface area contributed by atoms with Crippen molar-refractivity contribution in [1.82, 2.24) is 14.8 Å². The third kappa shape index (κ3) is 2.17. The number of hydrogen-bond acceptors (Lipinski definition) is 5. The van der Waals surface area contributed by atoms with Gasteiger partial charge in [-0.05, 0) is 13.0 Å². The Balaban J connectivity index is 2.23. The van der Waals surface area contributed by atoms with E-state index in [1.54, 1.807) is 17.7 Å². The van der Waals surface area contributed by atoms with Crippen molar-refractivity contribution >= 4 is 23.5 Å². The molecule has 1 aromatic heterocycles. The summed E-state index contributed by atoms with van der Waals surface area (Å²) in [5.74, 6) is 0.135. The molecule has 1 N–H and O–H groups in total. The van der Waals surface area contributed by atoms with E-state index in [9.17, 15) is 4.79 Å². The number of halogens is 1. The molecule has 7 heteroatoms. The maximum absolute atomic E-state index is 12.2. The summed E-state index contributed by atoms with van der Waals surface area (Å²) in [7, 11) is 1.35. The van der Waals surface area contributed by atoms with Gasteiger partial charge in [0.2, 0.25) is 5.95 Å². The molecule has 0 unspecified atom stereocenters. The number of ether oxygens (including phenoxy) is 1. The van der Waals surface area contributed by atoms with Gasteiger partial charge in [-0.15, -0.1) is 0 Å². The van der Waals surface area contributed by atoms with E-state index in [1.165, 1.54) is 13.4 Å². The van der Waals surface area contributed by atoms with Crippen LogP contribution in [0.4, 0.5) is 5.95 Å². The summed E-state index contributed by atoms with van der Waals surface area (Å²) in [6.07, 6.45) is 1.43. The number of esters is 1. The Morgan fingerprint density at radius 3 is 2.90 bits per heavy atom. The largest absolute Gasteiger partial charge is 0.466 e. The van der Waals surface area contributed by atoms with E-state index in [-0.39, 0.29) is 0 Å². The highest BCUT2D eigenvalue weighted by atomic mass is 35.5. The van der Waals surface area contributed by atoms with Crippen LogP contribution in [0.3, 0.4) is 0 Å². The molecular weight excluding hydrogens is 292 g/mol. The van der Waals surface area contributed by atoms with Gasteiger partial charge in [-0.25, -0.2) is 9.48 Å². The topological polar surface area (TPSA) is 69.0 Å². The van der Waals surface area contributed by atoms with E-state index < -0.39 is 12.0 Å². The van der Waals surface area contributed by atoms with Crippen molar-refractivity contribution in [1.29, 1.82) is 0 Å². The molecule has 0 aliphatic carbocycles. The van der Waals surface area contributed by atoms with Crippen molar-refractivity contribution in [2.75, 3.05) is 12.4 Å². The van der Waals surface area contributed by atoms with Crippen LogP contribution in [-0.4, -0.2) is 27.8 Å². The summed E-state index contributed by atoms with van der Waals surface area (Å²) >= 11 is 6.30. The van der Waals surface area contributed by atoms with Gasteiger partial charge < -0.3 is 10.1 Å². The molecule has 0 amide bonds. The Labute approximate surface area is 126 Å². The second-order valence-electron chi connectivity index (χ2n) is 4.61. The van der Waals surface area contributed by atoms with Crippen LogP contribution in [0.25, 0.3) is 0 Å². The van der Waals surface area contributed by atoms with Crippen molar-refractivity contribution in [2.24, 2.45) is 0 Å². The molecule has 21 heavy (non-hydrogen) atoms. The summed E-state index contributed by atoms with van der Waals surface area (Å²) in [4.78, 5) is 16.3. The molecule has 2 aromatic rings. The highest BCUT2D eigenvalue weighted by molar-refractivity contribution is 6.31. The number of aromatic nitrogens is 3. The van der Waals surface area contributed by atoms with E-state index >= 15 is 0 Å². The summed E-state index contributed by atoms with van der Waals surface area (Å²) in [6.45, 7) is 1.80. The van der Waals surface area contributed by atoms with Crippen molar-refractivity contribution in [3.63, 3.8) is 0 Å². The van der Waals surface area contributed by atoms with Crippen molar-refractivity contribution in [2.45, 2.75) is 13.0 Å². The number of methoxy groups -OCH3 is 1. The number of anilines is 1. The molecule has 1 aliphatic rings. The fourth-order valence-corrected chi connectivity index (χ4v) is 2.69. The molecule has 0 bridgehead atoms. The lowest BCUT2D eigenvalue weighted by atomic mass is 9.96. The molecule has 3 rings (SSSR count). The van der Waals surface area contributed by atoms with E-state index in [4.69, 9.17) is 16.3 Å². The van der Waals surface area contributed by atoms with Gasteiger partial charge in [-0.3, -0.25) is 0 Å². The SMILES string of the molecule is COC(=O)C1=C(C)Nc2ncnn2[C@H]1c1ccccc1Cl. The minimum Gasteiger partial charge on any atom is -0.466 e. The number of rotatable bonds is 2. The van der Waals surface area contributed by atoms with Gasteiger partial charge in [0.25, 0.3) is 0 Å². The zero-order valence-electron chi connectivity index (χ0n) is 11.5. The standard InChI is InChI=1S/C14H13ClN4O2/c1-8-11(13(20)21-2)12(9-5-3-4-6-10(9)15)19-14(18-8)16-7-17-19/h3-7,12H,1-2H3,(H,16,17,18)/t12-/m0/s1. The maximum atomic E-state index is 12.2. The van der Waals surface area contributed by atoms with Gasteiger partial charge in [0.05, 0.1) is 12.7 Å². The summed E-state index contributed by atoms with van der Waals surface area (Å²) in [5, 5.41) is 7.80. The fourth-order valence-electron chi connectivity index (χ4n) is 2.45. The van der Waals surface area contributed by atoms with Crippen molar-refractivity contribution in [3.8, 4) is 0 Å². The lowest BCUT2D eigenvalue weighted by Crippen LogP contribution is -2.29. The number of nitrogens with zero attached hydrogens (tertiary/aromatic N) is 3. The number of carbonyl (C=O) groups is 1. The van der Waals surface area contributed by atoms with Crippen LogP contribution in [0.2, 0.25) is 5.02 Å². The summed E-state index contributed by atoms with van der Waals surface area (Å²) in [5.41, 5.74) is 1.91. The number of carbonyl (C=O) groups excluding carboxylic acids is 1. The van der Waals surface area contributed by atoms with E-state index in [0.29, 0.717) is 22.2 Å². The Hall–Kier alpha value is -2.34. The van der Waals surface area contributed by atoms with Crippen LogP contribution < -0.4 is 5.32 Å². The lowest BCUT2D eigenvalue weighted by Gasteiger charge is -2.28. The monoisotopic (exact) mass is 304 g/mol. The third-order valence-corrected chi connectivity index (χ3v) is 3.74. The second-order valence-corrected chi connectivity index (χ2v) is 5.01. The van der Waals surface area contributed by atoms with Gasteiger partial charge in [-0.1, -0.05) is 29.8 Å². The Bertz CT molecular complexity index is 738. The number of fused-ring (bicyclic) bond motifs is 1. The molecule has 1 atom stereocenters. The molecule has 0 radical (unpaired) electrons. The fraction of sp³-hybridized carbons (Fsp3) is 0.214. The number of nitrogens with one attached hydrogen (secondary N) is 1. The zero-order valence-corrected chi connectivity index (χ0v) is 12.3. The zero-order chi connectivity index (χ0) is 15.0. The Morgan fingerprint density at radius 1 is 1.43 bits per heavy atom. The predicted octanol–water partition coefficient (Wildman–Crippen LogP) is 2.39. The van der Waals surface area contributed by atoms with Crippen LogP contribution in [0.1, 0.15) is 18.5 Å². The van der Waals surface area contributed by atoms with Gasteiger partial charge in [0, 0.05) is 16.3 Å². The first-order valence-electron chi connectivity index (χ1n) is 6.33. The molecule has 0 saturated carbocycles. The van der Waals surface area contributed by atoms with E-state index in [2.05, 4.69) is 15.4 Å². The highest BCUT2D eigenvalue weighted by Gasteiger charge is 2.34. The van der Waals surface area contributed by atoms with E-state index in [0.717, 1.165) is 5.56 Å². The van der Waals surface area contributed by atoms with Gasteiger partial charge in [-0.2, -0.15) is 10.1 Å². The Morgan fingerprint density at radius 2 is 2.19 bits per heavy atom. The number of allylic oxidation sites excluding steroid dienone is 1. The molecular formula is C14H13ClN4O2. The lowest BCUT2D eigenvalue weighted by molar-refractivity contribution is -0.136. The van der Waals surface area contributed by atoms with Gasteiger partial charge >= 0.3 is 5.97 Å². The van der Waals surface area contributed by atoms with Crippen LogP contribution in [0.15, 0.2) is 41.9 Å². The van der Waals surface area contributed by atoms with Gasteiger partial charge in [0.1, 0.15) is 12.4 Å². The second kappa shape index (κ2) is 5.21. The third-order valence-electron chi connectivity index (χ3n) is 3.40. The van der Waals surface area contributed by atoms with Crippen molar-refractivity contribution in [3.05, 3.63) is 52.4 Å². The molecule has 0 fully saturated rings. The quantitative estimate of drug-likeness (QED) is 0.863. The predicted molar refractivity (Wildman–Crippen MR) is 78.0 cm³/mol. The molecule has 6 nitrogen and oxygen atoms in total. The normalized spacial score (nSPS) is 17.2. The molecule has 1 aromatic carbocycles. The minimum atomic E-state index is -0.468. The molecule has 2 heterocycles. The highest BCUT2D eigenvalue weighted by Crippen LogP contribution is 2.37. The van der Waals surface area contributed by atoms with Crippen LogP contribution >= 0.6 is 11.6 Å². The first-order valence-corrected chi connectivity index (χ1v) is 6.71. The minimum absolute atomic E-state index is 0.425. The van der Waals surface area contributed by atoms with E-state index in [1.807, 2.05) is 18.2 Å². The van der Waals surface area contributed by atoms with Crippen molar-refractivity contribution < 1.29 is 9.53 Å². The molecule has 0 spiro atoms. The average molecular weight is 305 g/mol. The van der Waals surface area contributed by atoms with Crippen LogP contribution in [0, 0.1) is 0 Å². The Kier molecular flexibility index (Phi) is 3.39. The number of hydrogen-bond donors (Lipinski definition) is 1.